The number of aromatic nitrogens is 2. The van der Waals surface area contributed by atoms with E-state index in [4.69, 9.17) is 9.47 Å². The van der Waals surface area contributed by atoms with Gasteiger partial charge in [0.05, 0.1) is 30.0 Å². The fraction of sp³-hybridized carbons (Fsp3) is 0.667. The molecule has 4 atom stereocenters. The molecule has 2 aromatic rings. The number of epoxide rings is 1. The lowest BCUT2D eigenvalue weighted by Gasteiger charge is -2.33. The molecule has 0 amide bonds. The van der Waals surface area contributed by atoms with Crippen molar-refractivity contribution in [3.63, 3.8) is 0 Å². The molecule has 1 fully saturated rings. The maximum absolute atomic E-state index is 15.6. The Labute approximate surface area is 223 Å². The number of fused-ring (bicyclic) bond motifs is 1. The van der Waals surface area contributed by atoms with Crippen LogP contribution in [-0.2, 0) is 23.5 Å². The van der Waals surface area contributed by atoms with Crippen LogP contribution in [0.1, 0.15) is 107 Å². The van der Waals surface area contributed by atoms with Gasteiger partial charge in [-0.2, -0.15) is 0 Å². The predicted molar refractivity (Wildman–Crippen MR) is 139 cm³/mol. The van der Waals surface area contributed by atoms with Gasteiger partial charge in [-0.15, -0.1) is 0 Å². The van der Waals surface area contributed by atoms with Crippen molar-refractivity contribution in [1.29, 1.82) is 0 Å². The Morgan fingerprint density at radius 3 is 2.47 bits per heavy atom. The average Bonchev–Trinajstić information content (AvgIpc) is 3.65. The third-order valence-electron chi connectivity index (χ3n) is 7.86. The quantitative estimate of drug-likeness (QED) is 0.139. The Balaban J connectivity index is 1.39. The van der Waals surface area contributed by atoms with Gasteiger partial charge in [0.25, 0.3) is 5.92 Å². The third-order valence-corrected chi connectivity index (χ3v) is 7.86. The number of nitrogens with zero attached hydrogens (tertiary/aromatic N) is 2. The van der Waals surface area contributed by atoms with Crippen LogP contribution in [0.15, 0.2) is 18.5 Å². The van der Waals surface area contributed by atoms with Gasteiger partial charge in [-0.3, -0.25) is 0 Å². The Hall–Kier alpha value is -2.22. The fourth-order valence-corrected chi connectivity index (χ4v) is 5.53. The first-order valence-electron chi connectivity index (χ1n) is 14.2. The molecule has 0 bridgehead atoms. The minimum atomic E-state index is -3.62. The number of ether oxygens (including phenoxy) is 2. The molecule has 0 radical (unpaired) electrons. The van der Waals surface area contributed by atoms with Crippen molar-refractivity contribution in [2.45, 2.75) is 115 Å². The second-order valence-electron chi connectivity index (χ2n) is 11.0. The molecular weight excluding hydrogens is 496 g/mol. The molecule has 8 heteroatoms. The molecule has 0 spiro atoms. The lowest BCUT2D eigenvalue weighted by Crippen LogP contribution is -2.33. The molecular formula is C30H40F4N2O2. The summed E-state index contributed by atoms with van der Waals surface area (Å²) in [5.74, 6) is -7.25. The minimum absolute atomic E-state index is 0.0351. The van der Waals surface area contributed by atoms with E-state index in [-0.39, 0.29) is 47.9 Å². The second-order valence-corrected chi connectivity index (χ2v) is 11.0. The second kappa shape index (κ2) is 12.8. The molecule has 1 aliphatic carbocycles. The Kier molecular flexibility index (Phi) is 9.66. The van der Waals surface area contributed by atoms with E-state index < -0.39 is 29.0 Å². The number of unbranched alkanes of at least 4 members (excludes halogenated alkanes) is 4. The van der Waals surface area contributed by atoms with Crippen LogP contribution in [0.2, 0.25) is 0 Å². The zero-order valence-electron chi connectivity index (χ0n) is 22.7. The van der Waals surface area contributed by atoms with Crippen molar-refractivity contribution in [1.82, 2.24) is 9.97 Å². The van der Waals surface area contributed by atoms with Crippen LogP contribution in [0.25, 0.3) is 0 Å². The molecule has 0 N–H and O–H groups in total. The highest BCUT2D eigenvalue weighted by atomic mass is 19.3. The molecule has 1 aromatic heterocycles. The Bertz CT molecular complexity index is 1060. The van der Waals surface area contributed by atoms with Crippen LogP contribution in [0.5, 0.6) is 5.75 Å². The summed E-state index contributed by atoms with van der Waals surface area (Å²) in [7, 11) is 0. The number of halogens is 4. The fourth-order valence-electron chi connectivity index (χ4n) is 5.53. The Morgan fingerprint density at radius 2 is 1.76 bits per heavy atom. The van der Waals surface area contributed by atoms with Gasteiger partial charge in [-0.1, -0.05) is 71.8 Å². The third kappa shape index (κ3) is 6.67. The van der Waals surface area contributed by atoms with Crippen LogP contribution in [0.3, 0.4) is 0 Å². The molecule has 38 heavy (non-hydrogen) atoms. The molecule has 2 aliphatic rings. The summed E-state index contributed by atoms with van der Waals surface area (Å²) < 4.78 is 72.5. The molecule has 1 aromatic carbocycles. The van der Waals surface area contributed by atoms with Crippen molar-refractivity contribution >= 4 is 0 Å². The van der Waals surface area contributed by atoms with Gasteiger partial charge < -0.3 is 9.47 Å². The topological polar surface area (TPSA) is 47.5 Å². The summed E-state index contributed by atoms with van der Waals surface area (Å²) in [4.78, 5) is 8.25. The number of alkyl halides is 2. The molecule has 0 saturated carbocycles. The van der Waals surface area contributed by atoms with Crippen LogP contribution in [0.4, 0.5) is 17.6 Å². The van der Waals surface area contributed by atoms with Gasteiger partial charge in [-0.25, -0.2) is 27.5 Å². The molecule has 210 valence electrons. The van der Waals surface area contributed by atoms with Gasteiger partial charge in [0, 0.05) is 0 Å². The average molecular weight is 537 g/mol. The van der Waals surface area contributed by atoms with Crippen molar-refractivity contribution in [3.8, 4) is 5.75 Å². The van der Waals surface area contributed by atoms with Crippen molar-refractivity contribution in [3.05, 3.63) is 52.6 Å². The lowest BCUT2D eigenvalue weighted by atomic mass is 9.78. The Morgan fingerprint density at radius 1 is 1.03 bits per heavy atom. The first-order valence-corrected chi connectivity index (χ1v) is 14.2. The monoisotopic (exact) mass is 536 g/mol. The van der Waals surface area contributed by atoms with Crippen molar-refractivity contribution in [2.24, 2.45) is 5.92 Å². The van der Waals surface area contributed by atoms with Crippen LogP contribution in [-0.4, -0.2) is 28.8 Å². The van der Waals surface area contributed by atoms with Crippen molar-refractivity contribution in [2.75, 3.05) is 6.61 Å². The van der Waals surface area contributed by atoms with E-state index in [1.807, 2.05) is 6.92 Å². The maximum Gasteiger partial charge on any atom is 0.286 e. The summed E-state index contributed by atoms with van der Waals surface area (Å²) in [6, 6.07) is 1.44. The van der Waals surface area contributed by atoms with E-state index in [1.54, 1.807) is 0 Å². The largest absolute Gasteiger partial charge is 0.488 e. The summed E-state index contributed by atoms with van der Waals surface area (Å²) in [5.41, 5.74) is -0.493. The highest BCUT2D eigenvalue weighted by Crippen LogP contribution is 2.50. The van der Waals surface area contributed by atoms with E-state index in [0.717, 1.165) is 32.1 Å². The van der Waals surface area contributed by atoms with E-state index in [1.165, 1.54) is 37.7 Å². The number of aryl methyl sites for hydroxylation is 1. The molecule has 4 nitrogen and oxygen atoms in total. The molecule has 2 heterocycles. The predicted octanol–water partition coefficient (Wildman–Crippen LogP) is 8.06. The lowest BCUT2D eigenvalue weighted by molar-refractivity contribution is -0.0499. The first kappa shape index (κ1) is 28.8. The standard InChI is InChI=1S/C30H40F4N2O2/c1-4-6-8-9-11-24-25(38-24)18-37-22-16-35-29(36-17-22)23-13-12-20-15-21(14-19(3)10-7-5-2)27(31)28(32)26(20)30(23,33)34/h15-17,19,23-25H,4-14,18H2,1-3H3. The summed E-state index contributed by atoms with van der Waals surface area (Å²) >= 11 is 0. The zero-order chi connectivity index (χ0) is 27.3. The normalized spacial score (nSPS) is 22.7. The summed E-state index contributed by atoms with van der Waals surface area (Å²) in [5, 5.41) is 0. The summed E-state index contributed by atoms with van der Waals surface area (Å²) in [6.45, 7) is 6.59. The molecule has 1 aliphatic heterocycles. The van der Waals surface area contributed by atoms with Gasteiger partial charge in [-0.05, 0) is 42.7 Å². The SMILES string of the molecule is CCCCCCC1OC1COc1cnc(C2CCc3cc(CC(C)CCCC)c(F)c(F)c3C2(F)F)nc1. The van der Waals surface area contributed by atoms with E-state index in [0.29, 0.717) is 18.8 Å². The summed E-state index contributed by atoms with van der Waals surface area (Å²) in [6.07, 6.45) is 12.2. The first-order chi connectivity index (χ1) is 18.3. The number of hydrogen-bond acceptors (Lipinski definition) is 4. The highest BCUT2D eigenvalue weighted by Gasteiger charge is 2.50. The van der Waals surface area contributed by atoms with Crippen molar-refractivity contribution < 1.29 is 27.0 Å². The highest BCUT2D eigenvalue weighted by molar-refractivity contribution is 5.42. The van der Waals surface area contributed by atoms with Crippen LogP contribution < -0.4 is 4.74 Å². The van der Waals surface area contributed by atoms with Gasteiger partial charge in [0.2, 0.25) is 0 Å². The van der Waals surface area contributed by atoms with E-state index in [9.17, 15) is 4.39 Å². The van der Waals surface area contributed by atoms with E-state index >= 15 is 13.2 Å². The van der Waals surface area contributed by atoms with Gasteiger partial charge in [0.1, 0.15) is 18.5 Å². The number of hydrogen-bond donors (Lipinski definition) is 0. The van der Waals surface area contributed by atoms with Gasteiger partial charge in [0.15, 0.2) is 17.4 Å². The maximum atomic E-state index is 15.6. The van der Waals surface area contributed by atoms with Crippen LogP contribution in [0, 0.1) is 17.6 Å². The minimum Gasteiger partial charge on any atom is -0.488 e. The zero-order valence-corrected chi connectivity index (χ0v) is 22.7. The van der Waals surface area contributed by atoms with Crippen LogP contribution >= 0.6 is 0 Å². The molecule has 1 saturated heterocycles. The molecule has 4 rings (SSSR count). The molecule has 4 unspecified atom stereocenters. The number of benzene rings is 1. The smallest absolute Gasteiger partial charge is 0.286 e. The van der Waals surface area contributed by atoms with E-state index in [2.05, 4.69) is 23.8 Å². The number of rotatable bonds is 14. The van der Waals surface area contributed by atoms with Gasteiger partial charge >= 0.3 is 0 Å².